The number of rotatable bonds is 9. The molecule has 1 heterocycles. The maximum absolute atomic E-state index is 12.7. The molecular weight excluding hydrogens is 398 g/mol. The van der Waals surface area contributed by atoms with Crippen LogP contribution in [0.25, 0.3) is 0 Å². The van der Waals surface area contributed by atoms with Crippen LogP contribution >= 0.6 is 0 Å². The SMILES string of the molecule is CCC[NH+](CC(=O)Nc1ccccc1C)CC(=O)Nc1cc2c(cc1C(C)=O)OCO2. The van der Waals surface area contributed by atoms with Crippen molar-refractivity contribution in [3.05, 3.63) is 47.5 Å². The van der Waals surface area contributed by atoms with Crippen molar-refractivity contribution in [2.75, 3.05) is 37.1 Å². The Labute approximate surface area is 181 Å². The summed E-state index contributed by atoms with van der Waals surface area (Å²) in [5.74, 6) is 0.334. The first-order valence-electron chi connectivity index (χ1n) is 10.3. The number of Topliss-reactive ketones (excluding diaryl/α,β-unsaturated/α-hetero) is 1. The van der Waals surface area contributed by atoms with Crippen molar-refractivity contribution in [2.24, 2.45) is 0 Å². The monoisotopic (exact) mass is 426 g/mol. The quantitative estimate of drug-likeness (QED) is 0.531. The van der Waals surface area contributed by atoms with Crippen LogP contribution in [0, 0.1) is 6.92 Å². The van der Waals surface area contributed by atoms with Crippen LogP contribution in [0.15, 0.2) is 36.4 Å². The van der Waals surface area contributed by atoms with Crippen molar-refractivity contribution in [2.45, 2.75) is 27.2 Å². The third kappa shape index (κ3) is 5.82. The lowest BCUT2D eigenvalue weighted by Gasteiger charge is -2.19. The van der Waals surface area contributed by atoms with Crippen molar-refractivity contribution in [3.8, 4) is 11.5 Å². The predicted octanol–water partition coefficient (Wildman–Crippen LogP) is 1.80. The molecule has 0 radical (unpaired) electrons. The molecule has 0 aromatic heterocycles. The van der Waals surface area contributed by atoms with Crippen LogP contribution in [0.3, 0.4) is 0 Å². The minimum Gasteiger partial charge on any atom is -0.454 e. The van der Waals surface area contributed by atoms with E-state index >= 15 is 0 Å². The number of quaternary nitrogens is 1. The molecule has 2 aromatic rings. The van der Waals surface area contributed by atoms with Crippen molar-refractivity contribution in [1.29, 1.82) is 0 Å². The number of fused-ring (bicyclic) bond motifs is 1. The molecule has 31 heavy (non-hydrogen) atoms. The number of ether oxygens (including phenoxy) is 2. The summed E-state index contributed by atoms with van der Waals surface area (Å²) < 4.78 is 10.7. The Morgan fingerprint density at radius 2 is 1.58 bits per heavy atom. The van der Waals surface area contributed by atoms with Crippen molar-refractivity contribution in [3.63, 3.8) is 0 Å². The summed E-state index contributed by atoms with van der Waals surface area (Å²) in [5, 5.41) is 5.70. The molecule has 1 aliphatic heterocycles. The van der Waals surface area contributed by atoms with E-state index in [-0.39, 0.29) is 37.5 Å². The number of aryl methyl sites for hydroxylation is 1. The predicted molar refractivity (Wildman–Crippen MR) is 117 cm³/mol. The highest BCUT2D eigenvalue weighted by Gasteiger charge is 2.23. The fourth-order valence-corrected chi connectivity index (χ4v) is 3.49. The maximum atomic E-state index is 12.7. The highest BCUT2D eigenvalue weighted by molar-refractivity contribution is 6.04. The van der Waals surface area contributed by atoms with Gasteiger partial charge in [0, 0.05) is 17.3 Å². The Kier molecular flexibility index (Phi) is 7.25. The largest absolute Gasteiger partial charge is 0.454 e. The number of hydrogen-bond acceptors (Lipinski definition) is 5. The van der Waals surface area contributed by atoms with E-state index in [1.165, 1.54) is 6.92 Å². The fourth-order valence-electron chi connectivity index (χ4n) is 3.49. The van der Waals surface area contributed by atoms with Gasteiger partial charge in [0.15, 0.2) is 30.4 Å². The van der Waals surface area contributed by atoms with Crippen molar-refractivity contribution >= 4 is 29.0 Å². The molecule has 0 aliphatic carbocycles. The van der Waals surface area contributed by atoms with E-state index in [9.17, 15) is 14.4 Å². The van der Waals surface area contributed by atoms with E-state index < -0.39 is 0 Å². The molecule has 0 spiro atoms. The Balaban J connectivity index is 1.65. The zero-order chi connectivity index (χ0) is 22.4. The third-order valence-corrected chi connectivity index (χ3v) is 5.01. The molecule has 164 valence electrons. The average Bonchev–Trinajstić information content (AvgIpc) is 3.16. The van der Waals surface area contributed by atoms with Gasteiger partial charge >= 0.3 is 0 Å². The molecule has 0 saturated carbocycles. The Morgan fingerprint density at radius 3 is 2.19 bits per heavy atom. The molecule has 3 rings (SSSR count). The van der Waals surface area contributed by atoms with Gasteiger partial charge in [0.05, 0.1) is 12.2 Å². The number of amides is 2. The first-order valence-corrected chi connectivity index (χ1v) is 10.3. The second-order valence-electron chi connectivity index (χ2n) is 7.57. The van der Waals surface area contributed by atoms with Crippen LogP contribution in [0.4, 0.5) is 11.4 Å². The second kappa shape index (κ2) is 10.1. The molecule has 2 amide bonds. The van der Waals surface area contributed by atoms with Gasteiger partial charge in [-0.3, -0.25) is 14.4 Å². The van der Waals surface area contributed by atoms with Crippen molar-refractivity contribution in [1.82, 2.24) is 0 Å². The van der Waals surface area contributed by atoms with Gasteiger partial charge in [0.2, 0.25) is 6.79 Å². The van der Waals surface area contributed by atoms with Crippen LogP contribution in [0.2, 0.25) is 0 Å². The lowest BCUT2D eigenvalue weighted by Crippen LogP contribution is -3.14. The smallest absolute Gasteiger partial charge is 0.279 e. The van der Waals surface area contributed by atoms with Crippen LogP contribution in [0.1, 0.15) is 36.2 Å². The van der Waals surface area contributed by atoms with Crippen LogP contribution in [-0.2, 0) is 9.59 Å². The van der Waals surface area contributed by atoms with Crippen LogP contribution in [0.5, 0.6) is 11.5 Å². The number of anilines is 2. The van der Waals surface area contributed by atoms with Gasteiger partial charge in [0.1, 0.15) is 0 Å². The van der Waals surface area contributed by atoms with Crippen LogP contribution < -0.4 is 25.0 Å². The van der Waals surface area contributed by atoms with Gasteiger partial charge in [-0.2, -0.15) is 0 Å². The third-order valence-electron chi connectivity index (χ3n) is 5.01. The van der Waals surface area contributed by atoms with E-state index in [4.69, 9.17) is 9.47 Å². The number of carbonyl (C=O) groups excluding carboxylic acids is 3. The standard InChI is InChI=1S/C23H27N3O5/c1-4-9-26(12-22(28)24-18-8-6-5-7-15(18)2)13-23(29)25-19-11-21-20(30-14-31-21)10-17(19)16(3)27/h5-8,10-11H,4,9,12-14H2,1-3H3,(H,24,28)(H,25,29)/p+1. The molecule has 2 aromatic carbocycles. The molecule has 0 fully saturated rings. The molecule has 0 bridgehead atoms. The topological polar surface area (TPSA) is 98.2 Å². The summed E-state index contributed by atoms with van der Waals surface area (Å²) in [6.07, 6.45) is 0.822. The molecular formula is C23H28N3O5+. The van der Waals surface area contributed by atoms with Gasteiger partial charge in [-0.1, -0.05) is 25.1 Å². The molecule has 1 unspecified atom stereocenters. The summed E-state index contributed by atoms with van der Waals surface area (Å²) in [7, 11) is 0. The number of ketones is 1. The van der Waals surface area contributed by atoms with Crippen molar-refractivity contribution < 1.29 is 28.8 Å². The van der Waals surface area contributed by atoms with E-state index in [0.29, 0.717) is 29.3 Å². The average molecular weight is 426 g/mol. The zero-order valence-electron chi connectivity index (χ0n) is 18.0. The molecule has 0 saturated heterocycles. The molecule has 8 nitrogen and oxygen atoms in total. The number of para-hydroxylation sites is 1. The molecule has 8 heteroatoms. The number of hydrogen-bond donors (Lipinski definition) is 3. The lowest BCUT2D eigenvalue weighted by molar-refractivity contribution is -0.883. The van der Waals surface area contributed by atoms with Gasteiger partial charge in [0.25, 0.3) is 11.8 Å². The lowest BCUT2D eigenvalue weighted by atomic mass is 10.1. The van der Waals surface area contributed by atoms with Crippen LogP contribution in [-0.4, -0.2) is 44.0 Å². The zero-order valence-corrected chi connectivity index (χ0v) is 18.0. The van der Waals surface area contributed by atoms with Gasteiger partial charge < -0.3 is 25.0 Å². The molecule has 3 N–H and O–H groups in total. The Hall–Kier alpha value is -3.39. The Morgan fingerprint density at radius 1 is 0.968 bits per heavy atom. The second-order valence-corrected chi connectivity index (χ2v) is 7.57. The highest BCUT2D eigenvalue weighted by Crippen LogP contribution is 2.37. The van der Waals surface area contributed by atoms with Gasteiger partial charge in [-0.05, 0) is 38.0 Å². The maximum Gasteiger partial charge on any atom is 0.279 e. The summed E-state index contributed by atoms with van der Waals surface area (Å²) in [4.78, 5) is 38.1. The molecule has 1 atom stereocenters. The van der Waals surface area contributed by atoms with Gasteiger partial charge in [-0.25, -0.2) is 0 Å². The molecule has 1 aliphatic rings. The number of carbonyl (C=O) groups is 3. The van der Waals surface area contributed by atoms with E-state index in [2.05, 4.69) is 10.6 Å². The van der Waals surface area contributed by atoms with E-state index in [0.717, 1.165) is 22.6 Å². The van der Waals surface area contributed by atoms with E-state index in [1.54, 1.807) is 12.1 Å². The minimum atomic E-state index is -0.284. The minimum absolute atomic E-state index is 0.0779. The fraction of sp³-hybridized carbons (Fsp3) is 0.348. The summed E-state index contributed by atoms with van der Waals surface area (Å²) >= 11 is 0. The summed E-state index contributed by atoms with van der Waals surface area (Å²) in [6.45, 7) is 6.36. The summed E-state index contributed by atoms with van der Waals surface area (Å²) in [6, 6.07) is 10.7. The normalized spacial score (nSPS) is 12.9. The summed E-state index contributed by atoms with van der Waals surface area (Å²) in [5.41, 5.74) is 2.47. The van der Waals surface area contributed by atoms with E-state index in [1.807, 2.05) is 38.1 Å². The first kappa shape index (κ1) is 22.3. The van der Waals surface area contributed by atoms with Gasteiger partial charge in [-0.15, -0.1) is 0 Å². The highest BCUT2D eigenvalue weighted by atomic mass is 16.7. The Bertz CT molecular complexity index is 989. The number of nitrogens with one attached hydrogen (secondary N) is 3. The first-order chi connectivity index (χ1) is 14.9. The number of benzene rings is 2.